The molecule has 2 rings (SSSR count). The first-order valence-corrected chi connectivity index (χ1v) is 19.7. The number of ether oxygens (including phenoxy) is 2. The van der Waals surface area contributed by atoms with E-state index in [0.29, 0.717) is 36.2 Å². The summed E-state index contributed by atoms with van der Waals surface area (Å²) < 4.78 is 10.6. The van der Waals surface area contributed by atoms with Gasteiger partial charge in [-0.25, -0.2) is 0 Å². The number of esters is 2. The van der Waals surface area contributed by atoms with Crippen molar-refractivity contribution in [1.29, 1.82) is 0 Å². The van der Waals surface area contributed by atoms with Gasteiger partial charge in [-0.2, -0.15) is 23.5 Å². The molecule has 0 aliphatic heterocycles. The van der Waals surface area contributed by atoms with Crippen LogP contribution >= 0.6 is 23.5 Å². The molecule has 0 atom stereocenters. The molecule has 2 aromatic rings. The first kappa shape index (κ1) is 43.7. The summed E-state index contributed by atoms with van der Waals surface area (Å²) in [5, 5.41) is 19.3. The first-order chi connectivity index (χ1) is 25.2. The molecule has 0 heterocycles. The number of para-hydroxylation sites is 2. The molecule has 16 heteroatoms. The molecule has 0 saturated carbocycles. The fourth-order valence-corrected chi connectivity index (χ4v) is 6.16. The lowest BCUT2D eigenvalue weighted by molar-refractivity contribution is -0.144. The highest BCUT2D eigenvalue weighted by Gasteiger charge is 2.13. The molecule has 2 aromatic carbocycles. The zero-order valence-electron chi connectivity index (χ0n) is 29.3. The van der Waals surface area contributed by atoms with E-state index in [1.807, 2.05) is 0 Å². The first-order valence-electron chi connectivity index (χ1n) is 17.4. The van der Waals surface area contributed by atoms with E-state index in [-0.39, 0.29) is 72.1 Å². The van der Waals surface area contributed by atoms with Gasteiger partial charge in [-0.3, -0.25) is 50.5 Å². The standard InChI is InChI=1S/C36H50N4O10S2/c41-29-15-9-7-13-27(29)35(47)39-37-31(43)17-23-51-25-19-33(45)49-21-11-5-3-1-2-4-6-12-22-50-34(46)20-26-52-24-18-32(44)38-40-36(48)28-14-8-10-16-30(28)42/h7-10,13-16,41-42H,1-6,11-12,17-26H2,(H,37,43)(H,38,44)(H,39,47)(H,40,48). The summed E-state index contributed by atoms with van der Waals surface area (Å²) in [7, 11) is 0. The van der Waals surface area contributed by atoms with E-state index in [1.165, 1.54) is 47.8 Å². The van der Waals surface area contributed by atoms with E-state index in [2.05, 4.69) is 21.7 Å². The summed E-state index contributed by atoms with van der Waals surface area (Å²) in [4.78, 5) is 71.6. The number of hydrogen-bond donors (Lipinski definition) is 6. The third kappa shape index (κ3) is 20.4. The van der Waals surface area contributed by atoms with Crippen LogP contribution in [0.2, 0.25) is 0 Å². The van der Waals surface area contributed by atoms with Gasteiger partial charge in [0.15, 0.2) is 0 Å². The third-order valence-electron chi connectivity index (χ3n) is 7.34. The number of thioether (sulfide) groups is 2. The molecule has 0 aliphatic carbocycles. The van der Waals surface area contributed by atoms with E-state index in [0.717, 1.165) is 51.4 Å². The Morgan fingerprint density at radius 1 is 0.481 bits per heavy atom. The van der Waals surface area contributed by atoms with Crippen LogP contribution in [-0.4, -0.2) is 82.0 Å². The minimum atomic E-state index is -0.613. The maximum atomic E-state index is 12.0. The number of carbonyl (C=O) groups excluding carboxylic acids is 6. The normalized spacial score (nSPS) is 10.5. The summed E-state index contributed by atoms with van der Waals surface area (Å²) in [5.74, 6) is -0.826. The molecular formula is C36H50N4O10S2. The van der Waals surface area contributed by atoms with Gasteiger partial charge in [-0.15, -0.1) is 0 Å². The SMILES string of the molecule is O=C(CCSCCC(=O)OCCCCCCCCCCOC(=O)CCSCCC(=O)NNC(=O)c1ccccc1O)NNC(=O)c1ccccc1O. The topological polar surface area (TPSA) is 209 Å². The van der Waals surface area contributed by atoms with Crippen LogP contribution in [0.25, 0.3) is 0 Å². The van der Waals surface area contributed by atoms with Crippen molar-refractivity contribution in [2.75, 3.05) is 36.2 Å². The molecule has 0 saturated heterocycles. The lowest BCUT2D eigenvalue weighted by Crippen LogP contribution is -2.41. The second-order valence-corrected chi connectivity index (χ2v) is 14.0. The summed E-state index contributed by atoms with van der Waals surface area (Å²) in [6.45, 7) is 0.784. The molecule has 0 unspecified atom stereocenters. The van der Waals surface area contributed by atoms with Crippen molar-refractivity contribution < 1.29 is 48.5 Å². The fraction of sp³-hybridized carbons (Fsp3) is 0.500. The Kier molecular flexibility index (Phi) is 22.9. The Morgan fingerprint density at radius 3 is 1.21 bits per heavy atom. The Hall–Kier alpha value is -4.44. The van der Waals surface area contributed by atoms with Gasteiger partial charge in [-0.05, 0) is 37.1 Å². The molecule has 6 N–H and O–H groups in total. The van der Waals surface area contributed by atoms with E-state index in [1.54, 1.807) is 24.3 Å². The van der Waals surface area contributed by atoms with Crippen molar-refractivity contribution in [1.82, 2.24) is 21.7 Å². The van der Waals surface area contributed by atoms with Crippen molar-refractivity contribution in [3.8, 4) is 11.5 Å². The van der Waals surface area contributed by atoms with Gasteiger partial charge in [0, 0.05) is 35.9 Å². The Balaban J connectivity index is 1.29. The lowest BCUT2D eigenvalue weighted by Gasteiger charge is -2.08. The van der Waals surface area contributed by atoms with Crippen molar-refractivity contribution in [3.63, 3.8) is 0 Å². The molecule has 0 fully saturated rings. The van der Waals surface area contributed by atoms with Crippen LogP contribution < -0.4 is 21.7 Å². The maximum Gasteiger partial charge on any atom is 0.306 e. The van der Waals surface area contributed by atoms with Crippen molar-refractivity contribution in [2.24, 2.45) is 0 Å². The monoisotopic (exact) mass is 762 g/mol. The number of carbonyl (C=O) groups is 6. The van der Waals surface area contributed by atoms with E-state index in [4.69, 9.17) is 9.47 Å². The van der Waals surface area contributed by atoms with E-state index < -0.39 is 11.8 Å². The largest absolute Gasteiger partial charge is 0.507 e. The minimum Gasteiger partial charge on any atom is -0.507 e. The zero-order valence-corrected chi connectivity index (χ0v) is 31.0. The minimum absolute atomic E-state index is 0.0593. The van der Waals surface area contributed by atoms with Gasteiger partial charge in [0.2, 0.25) is 11.8 Å². The quantitative estimate of drug-likeness (QED) is 0.0468. The van der Waals surface area contributed by atoms with Crippen molar-refractivity contribution in [2.45, 2.75) is 77.0 Å². The second kappa shape index (κ2) is 27.2. The number of aromatic hydroxyl groups is 2. The molecule has 4 amide bonds. The Morgan fingerprint density at radius 2 is 0.827 bits per heavy atom. The fourth-order valence-electron chi connectivity index (χ4n) is 4.47. The van der Waals surface area contributed by atoms with Gasteiger partial charge < -0.3 is 19.7 Å². The maximum absolute atomic E-state index is 12.0. The third-order valence-corrected chi connectivity index (χ3v) is 9.31. The summed E-state index contributed by atoms with van der Waals surface area (Å²) in [6.07, 6.45) is 8.74. The van der Waals surface area contributed by atoms with Crippen molar-refractivity contribution >= 4 is 59.1 Å². The molecule has 14 nitrogen and oxygen atoms in total. The van der Waals surface area contributed by atoms with Gasteiger partial charge in [0.1, 0.15) is 11.5 Å². The van der Waals surface area contributed by atoms with Crippen LogP contribution in [-0.2, 0) is 28.7 Å². The van der Waals surface area contributed by atoms with Gasteiger partial charge >= 0.3 is 11.9 Å². The highest BCUT2D eigenvalue weighted by Crippen LogP contribution is 2.16. The number of unbranched alkanes of at least 4 members (excludes halogenated alkanes) is 7. The number of benzene rings is 2. The second-order valence-electron chi connectivity index (χ2n) is 11.5. The number of rotatable bonds is 25. The molecule has 0 spiro atoms. The Bertz CT molecular complexity index is 1320. The van der Waals surface area contributed by atoms with E-state index >= 15 is 0 Å². The highest BCUT2D eigenvalue weighted by molar-refractivity contribution is 7.99. The highest BCUT2D eigenvalue weighted by atomic mass is 32.2. The van der Waals surface area contributed by atoms with Gasteiger partial charge in [0.25, 0.3) is 11.8 Å². The number of amides is 4. The van der Waals surface area contributed by atoms with Gasteiger partial charge in [-0.1, -0.05) is 62.8 Å². The number of hydrazine groups is 2. The molecule has 0 radical (unpaired) electrons. The van der Waals surface area contributed by atoms with Crippen LogP contribution in [0.4, 0.5) is 0 Å². The predicted octanol–water partition coefficient (Wildman–Crippen LogP) is 4.55. The van der Waals surface area contributed by atoms with Gasteiger partial charge in [0.05, 0.1) is 37.2 Å². The molecule has 52 heavy (non-hydrogen) atoms. The number of nitrogens with one attached hydrogen (secondary N) is 4. The summed E-state index contributed by atoms with van der Waals surface area (Å²) in [5.41, 5.74) is 9.24. The van der Waals surface area contributed by atoms with E-state index in [9.17, 15) is 39.0 Å². The number of phenols is 2. The van der Waals surface area contributed by atoms with Crippen molar-refractivity contribution in [3.05, 3.63) is 59.7 Å². The average Bonchev–Trinajstić information content (AvgIpc) is 3.13. The Labute approximate surface area is 312 Å². The average molecular weight is 763 g/mol. The van der Waals surface area contributed by atoms with Crippen LogP contribution in [0.1, 0.15) is 97.8 Å². The molecule has 0 aliphatic rings. The smallest absolute Gasteiger partial charge is 0.306 e. The van der Waals surface area contributed by atoms with Crippen LogP contribution in [0.5, 0.6) is 11.5 Å². The number of phenolic OH excluding ortho intramolecular Hbond substituents is 2. The van der Waals surface area contributed by atoms with Crippen LogP contribution in [0, 0.1) is 0 Å². The summed E-state index contributed by atoms with van der Waals surface area (Å²) >= 11 is 2.89. The number of hydrogen-bond acceptors (Lipinski definition) is 12. The predicted molar refractivity (Wildman–Crippen MR) is 199 cm³/mol. The molecular weight excluding hydrogens is 713 g/mol. The summed E-state index contributed by atoms with van der Waals surface area (Å²) in [6, 6.07) is 12.0. The van der Waals surface area contributed by atoms with Crippen LogP contribution in [0.15, 0.2) is 48.5 Å². The molecule has 0 aromatic heterocycles. The molecule has 286 valence electrons. The zero-order chi connectivity index (χ0) is 37.8. The lowest BCUT2D eigenvalue weighted by atomic mass is 10.1. The molecule has 0 bridgehead atoms. The van der Waals surface area contributed by atoms with Crippen LogP contribution in [0.3, 0.4) is 0 Å².